The van der Waals surface area contributed by atoms with Crippen LogP contribution in [0.3, 0.4) is 0 Å². The van der Waals surface area contributed by atoms with Gasteiger partial charge in [0.2, 0.25) is 5.82 Å². The first-order valence-corrected chi connectivity index (χ1v) is 13.7. The minimum absolute atomic E-state index is 0.0295. The summed E-state index contributed by atoms with van der Waals surface area (Å²) < 4.78 is 1.85. The van der Waals surface area contributed by atoms with Crippen LogP contribution < -0.4 is 5.56 Å². The van der Waals surface area contributed by atoms with Crippen molar-refractivity contribution in [1.82, 2.24) is 25.2 Å². The van der Waals surface area contributed by atoms with Crippen LogP contribution in [0.5, 0.6) is 0 Å². The molecule has 0 radical (unpaired) electrons. The van der Waals surface area contributed by atoms with Crippen LogP contribution in [0.4, 0.5) is 5.69 Å². The van der Waals surface area contributed by atoms with Crippen molar-refractivity contribution in [1.29, 1.82) is 0 Å². The van der Waals surface area contributed by atoms with E-state index in [0.29, 0.717) is 24.4 Å². The first-order chi connectivity index (χ1) is 20.4. The number of tetrazole rings is 1. The van der Waals surface area contributed by atoms with Crippen molar-refractivity contribution in [3.05, 3.63) is 139 Å². The van der Waals surface area contributed by atoms with Gasteiger partial charge in [-0.3, -0.25) is 14.9 Å². The minimum Gasteiger partial charge on any atom is -0.304 e. The number of nitrogens with one attached hydrogen (secondary N) is 1. The second-order valence-electron chi connectivity index (χ2n) is 10.3. The lowest BCUT2D eigenvalue weighted by atomic mass is 9.96. The van der Waals surface area contributed by atoms with Crippen LogP contribution in [0.2, 0.25) is 0 Å². The van der Waals surface area contributed by atoms with E-state index in [-0.39, 0.29) is 11.2 Å². The second-order valence-corrected chi connectivity index (χ2v) is 10.3. The van der Waals surface area contributed by atoms with Crippen molar-refractivity contribution < 1.29 is 4.92 Å². The summed E-state index contributed by atoms with van der Waals surface area (Å²) in [5, 5.41) is 26.6. The van der Waals surface area contributed by atoms with Crippen LogP contribution in [0.15, 0.2) is 95.8 Å². The lowest BCUT2D eigenvalue weighted by Gasteiger charge is -2.18. The van der Waals surface area contributed by atoms with Crippen molar-refractivity contribution >= 4 is 16.6 Å². The molecule has 6 rings (SSSR count). The molecular weight excluding hydrogens is 528 g/mol. The van der Waals surface area contributed by atoms with Crippen molar-refractivity contribution in [2.75, 3.05) is 0 Å². The van der Waals surface area contributed by atoms with Gasteiger partial charge in [0, 0.05) is 35.1 Å². The van der Waals surface area contributed by atoms with Gasteiger partial charge in [0.1, 0.15) is 0 Å². The molecular formula is C33H28N6O3. The number of nitro benzene ring substituents is 1. The number of nitrogens with zero attached hydrogens (tertiary/aromatic N) is 5. The van der Waals surface area contributed by atoms with Crippen LogP contribution in [-0.2, 0) is 19.4 Å². The highest BCUT2D eigenvalue weighted by Gasteiger charge is 2.17. The van der Waals surface area contributed by atoms with Crippen LogP contribution in [-0.4, -0.2) is 30.1 Å². The standard InChI is InChI=1S/C33H28N6O3/c1-3-22-12-17-27-21(2)30(18-23-10-15-26(16-11-23)39(41)42)33(40)38(31(27)19-22)20-24-8-13-25(14-9-24)28-6-4-5-7-29(28)32-34-36-37-35-32/h4-17,19H,3,18,20H2,1-2H3,(H,34,35,36,37). The largest absolute Gasteiger partial charge is 0.304 e. The Hall–Kier alpha value is -5.44. The molecule has 9 nitrogen and oxygen atoms in total. The number of H-pyrrole nitrogens is 1. The van der Waals surface area contributed by atoms with Crippen LogP contribution in [0.25, 0.3) is 33.4 Å². The van der Waals surface area contributed by atoms with E-state index in [4.69, 9.17) is 0 Å². The van der Waals surface area contributed by atoms with Crippen LogP contribution >= 0.6 is 0 Å². The summed E-state index contributed by atoms with van der Waals surface area (Å²) in [6, 6.07) is 28.8. The van der Waals surface area contributed by atoms with Crippen LogP contribution in [0.1, 0.15) is 34.7 Å². The number of nitro groups is 1. The van der Waals surface area contributed by atoms with Crippen molar-refractivity contribution in [2.45, 2.75) is 33.2 Å². The molecule has 0 atom stereocenters. The Morgan fingerprint density at radius 3 is 2.24 bits per heavy atom. The quantitative estimate of drug-likeness (QED) is 0.174. The number of hydrogen-bond acceptors (Lipinski definition) is 6. The smallest absolute Gasteiger partial charge is 0.269 e. The molecule has 0 aliphatic carbocycles. The molecule has 0 unspecified atom stereocenters. The van der Waals surface area contributed by atoms with Crippen molar-refractivity contribution in [2.24, 2.45) is 0 Å². The lowest BCUT2D eigenvalue weighted by Crippen LogP contribution is -2.26. The highest BCUT2D eigenvalue weighted by atomic mass is 16.6. The number of fused-ring (bicyclic) bond motifs is 1. The van der Waals surface area contributed by atoms with Gasteiger partial charge in [-0.2, -0.15) is 5.21 Å². The second kappa shape index (κ2) is 11.2. The third-order valence-corrected chi connectivity index (χ3v) is 7.77. The number of pyridine rings is 1. The first-order valence-electron chi connectivity index (χ1n) is 13.7. The zero-order valence-corrected chi connectivity index (χ0v) is 23.2. The number of non-ortho nitro benzene ring substituents is 1. The third-order valence-electron chi connectivity index (χ3n) is 7.77. The number of aromatic amines is 1. The molecule has 0 saturated carbocycles. The third kappa shape index (κ3) is 5.08. The average molecular weight is 557 g/mol. The summed E-state index contributed by atoms with van der Waals surface area (Å²) in [4.78, 5) is 24.8. The Kier molecular flexibility index (Phi) is 7.14. The normalized spacial score (nSPS) is 11.2. The van der Waals surface area contributed by atoms with Gasteiger partial charge in [-0.15, -0.1) is 10.2 Å². The molecule has 0 spiro atoms. The summed E-state index contributed by atoms with van der Waals surface area (Å²) in [6.07, 6.45) is 1.25. The molecule has 9 heteroatoms. The van der Waals surface area contributed by atoms with Gasteiger partial charge in [-0.05, 0) is 58.0 Å². The summed E-state index contributed by atoms with van der Waals surface area (Å²) in [6.45, 7) is 4.49. The summed E-state index contributed by atoms with van der Waals surface area (Å²) in [5.74, 6) is 0.527. The maximum atomic E-state index is 14.1. The van der Waals surface area contributed by atoms with Gasteiger partial charge in [0.15, 0.2) is 0 Å². The van der Waals surface area contributed by atoms with Gasteiger partial charge in [-0.1, -0.05) is 79.7 Å². The zero-order valence-electron chi connectivity index (χ0n) is 23.2. The molecule has 208 valence electrons. The molecule has 0 saturated heterocycles. The molecule has 6 aromatic rings. The van der Waals surface area contributed by atoms with E-state index in [1.807, 2.05) is 60.0 Å². The molecule has 42 heavy (non-hydrogen) atoms. The Morgan fingerprint density at radius 1 is 0.881 bits per heavy atom. The van der Waals surface area contributed by atoms with Crippen molar-refractivity contribution in [3.8, 4) is 22.5 Å². The van der Waals surface area contributed by atoms with E-state index in [1.165, 1.54) is 12.1 Å². The predicted molar refractivity (Wildman–Crippen MR) is 162 cm³/mol. The highest BCUT2D eigenvalue weighted by molar-refractivity contribution is 5.84. The Morgan fingerprint density at radius 2 is 1.57 bits per heavy atom. The van der Waals surface area contributed by atoms with E-state index in [9.17, 15) is 14.9 Å². The molecule has 0 amide bonds. The zero-order chi connectivity index (χ0) is 29.2. The number of aromatic nitrogens is 5. The molecule has 0 fully saturated rings. The SMILES string of the molecule is CCc1ccc2c(C)c(Cc3ccc([N+](=O)[O-])cc3)c(=O)n(Cc3ccc(-c4ccccc4-c4nn[nH]n4)cc3)c2c1. The number of hydrogen-bond donors (Lipinski definition) is 1. The molecule has 0 aliphatic heterocycles. The number of rotatable bonds is 8. The van der Waals surface area contributed by atoms with Crippen molar-refractivity contribution in [3.63, 3.8) is 0 Å². The molecule has 2 heterocycles. The number of aryl methyl sites for hydroxylation is 2. The molecule has 0 aliphatic rings. The van der Waals surface area contributed by atoms with Gasteiger partial charge in [0.05, 0.1) is 17.0 Å². The number of benzene rings is 4. The van der Waals surface area contributed by atoms with E-state index in [0.717, 1.165) is 56.3 Å². The fraction of sp³-hybridized carbons (Fsp3) is 0.152. The van der Waals surface area contributed by atoms with Gasteiger partial charge in [0.25, 0.3) is 11.2 Å². The topological polar surface area (TPSA) is 120 Å². The minimum atomic E-state index is -0.418. The summed E-state index contributed by atoms with van der Waals surface area (Å²) in [5.41, 5.74) is 8.36. The van der Waals surface area contributed by atoms with Crippen LogP contribution in [0, 0.1) is 17.0 Å². The average Bonchev–Trinajstić information content (AvgIpc) is 3.57. The van der Waals surface area contributed by atoms with E-state index < -0.39 is 4.92 Å². The molecule has 2 aromatic heterocycles. The van der Waals surface area contributed by atoms with E-state index >= 15 is 0 Å². The van der Waals surface area contributed by atoms with Gasteiger partial charge < -0.3 is 4.57 Å². The molecule has 0 bridgehead atoms. The lowest BCUT2D eigenvalue weighted by molar-refractivity contribution is -0.384. The maximum Gasteiger partial charge on any atom is 0.269 e. The van der Waals surface area contributed by atoms with Gasteiger partial charge >= 0.3 is 0 Å². The fourth-order valence-electron chi connectivity index (χ4n) is 5.42. The maximum absolute atomic E-state index is 14.1. The Bertz CT molecular complexity index is 1960. The Balaban J connectivity index is 1.40. The summed E-state index contributed by atoms with van der Waals surface area (Å²) in [7, 11) is 0. The fourth-order valence-corrected chi connectivity index (χ4v) is 5.42. The monoisotopic (exact) mass is 556 g/mol. The van der Waals surface area contributed by atoms with Gasteiger partial charge in [-0.25, -0.2) is 0 Å². The highest BCUT2D eigenvalue weighted by Crippen LogP contribution is 2.30. The molecule has 1 N–H and O–H groups in total. The molecule has 4 aromatic carbocycles. The van der Waals surface area contributed by atoms with E-state index in [2.05, 4.69) is 45.7 Å². The first kappa shape index (κ1) is 26.8. The summed E-state index contributed by atoms with van der Waals surface area (Å²) >= 11 is 0. The predicted octanol–water partition coefficient (Wildman–Crippen LogP) is 6.27. The Labute approximate surface area is 241 Å². The van der Waals surface area contributed by atoms with E-state index in [1.54, 1.807) is 12.1 Å².